The molecule has 1 aliphatic heterocycles. The average molecular weight is 274 g/mol. The third kappa shape index (κ3) is 2.34. The van der Waals surface area contributed by atoms with Crippen LogP contribution in [0.2, 0.25) is 0 Å². The van der Waals surface area contributed by atoms with Crippen LogP contribution in [0.25, 0.3) is 11.0 Å². The van der Waals surface area contributed by atoms with Gasteiger partial charge in [0.15, 0.2) is 0 Å². The number of rotatable bonds is 3. The molecule has 0 bridgehead atoms. The normalized spacial score (nSPS) is 24.9. The number of nitrogens with zero attached hydrogens (tertiary/aromatic N) is 2. The lowest BCUT2D eigenvalue weighted by molar-refractivity contribution is -0.136. The summed E-state index contributed by atoms with van der Waals surface area (Å²) < 4.78 is 7.89. The van der Waals surface area contributed by atoms with Gasteiger partial charge < -0.3 is 14.4 Å². The highest BCUT2D eigenvalue weighted by atomic mass is 16.5. The molecule has 1 aromatic carbocycles. The molecule has 0 saturated carbocycles. The summed E-state index contributed by atoms with van der Waals surface area (Å²) in [5.74, 6) is 0.911. The van der Waals surface area contributed by atoms with Crippen molar-refractivity contribution in [3.63, 3.8) is 0 Å². The first kappa shape index (κ1) is 13.6. The zero-order valence-electron chi connectivity index (χ0n) is 12.2. The topological polar surface area (TPSA) is 47.3 Å². The number of imidazole rings is 1. The van der Waals surface area contributed by atoms with Gasteiger partial charge >= 0.3 is 0 Å². The molecular formula is C16H22N2O2. The van der Waals surface area contributed by atoms with Gasteiger partial charge in [-0.1, -0.05) is 12.1 Å². The van der Waals surface area contributed by atoms with E-state index in [0.29, 0.717) is 6.42 Å². The van der Waals surface area contributed by atoms with Crippen molar-refractivity contribution in [1.29, 1.82) is 0 Å². The van der Waals surface area contributed by atoms with Crippen molar-refractivity contribution in [3.8, 4) is 0 Å². The van der Waals surface area contributed by atoms with Crippen LogP contribution in [0.4, 0.5) is 0 Å². The number of aliphatic hydroxyl groups is 1. The van der Waals surface area contributed by atoms with Crippen molar-refractivity contribution < 1.29 is 9.84 Å². The third-order valence-electron chi connectivity index (χ3n) is 4.46. The van der Waals surface area contributed by atoms with Crippen LogP contribution in [0.1, 0.15) is 32.0 Å². The van der Waals surface area contributed by atoms with E-state index < -0.39 is 11.7 Å². The van der Waals surface area contributed by atoms with Crippen molar-refractivity contribution in [2.24, 2.45) is 7.05 Å². The summed E-state index contributed by atoms with van der Waals surface area (Å²) in [4.78, 5) is 4.63. The minimum absolute atomic E-state index is 0.434. The van der Waals surface area contributed by atoms with Gasteiger partial charge in [-0.3, -0.25) is 0 Å². The maximum absolute atomic E-state index is 10.6. The van der Waals surface area contributed by atoms with Crippen molar-refractivity contribution in [3.05, 3.63) is 30.1 Å². The summed E-state index contributed by atoms with van der Waals surface area (Å²) in [7, 11) is 2.00. The highest BCUT2D eigenvalue weighted by Gasteiger charge is 2.36. The van der Waals surface area contributed by atoms with E-state index in [9.17, 15) is 5.11 Å². The molecule has 0 radical (unpaired) electrons. The van der Waals surface area contributed by atoms with Gasteiger partial charge in [0.05, 0.1) is 22.7 Å². The maximum Gasteiger partial charge on any atom is 0.112 e. The molecule has 0 aliphatic carbocycles. The molecule has 1 saturated heterocycles. The Balaban J connectivity index is 1.83. The van der Waals surface area contributed by atoms with Crippen LogP contribution in [0.15, 0.2) is 24.3 Å². The van der Waals surface area contributed by atoms with Crippen LogP contribution in [-0.4, -0.2) is 33.0 Å². The SMILES string of the molecule is Cn1c(CC(O)C2(C)CCCCO2)nc2ccccc21. The van der Waals surface area contributed by atoms with Gasteiger partial charge in [0.2, 0.25) is 0 Å². The molecule has 2 aromatic rings. The van der Waals surface area contributed by atoms with E-state index in [2.05, 4.69) is 15.6 Å². The van der Waals surface area contributed by atoms with E-state index in [4.69, 9.17) is 4.74 Å². The van der Waals surface area contributed by atoms with Crippen molar-refractivity contribution >= 4 is 11.0 Å². The van der Waals surface area contributed by atoms with Crippen LogP contribution in [0, 0.1) is 0 Å². The van der Waals surface area contributed by atoms with E-state index >= 15 is 0 Å². The van der Waals surface area contributed by atoms with E-state index in [1.807, 2.05) is 32.2 Å². The number of aromatic nitrogens is 2. The van der Waals surface area contributed by atoms with Crippen LogP contribution < -0.4 is 0 Å². The molecule has 4 nitrogen and oxygen atoms in total. The Morgan fingerprint density at radius 1 is 1.40 bits per heavy atom. The predicted octanol–water partition coefficient (Wildman–Crippen LogP) is 2.44. The van der Waals surface area contributed by atoms with Crippen molar-refractivity contribution in [2.45, 2.75) is 44.3 Å². The number of aryl methyl sites for hydroxylation is 1. The monoisotopic (exact) mass is 274 g/mol. The first-order valence-electron chi connectivity index (χ1n) is 7.32. The molecule has 2 heterocycles. The zero-order chi connectivity index (χ0) is 14.2. The number of ether oxygens (including phenoxy) is 1. The van der Waals surface area contributed by atoms with Gasteiger partial charge in [-0.15, -0.1) is 0 Å². The van der Waals surface area contributed by atoms with Gasteiger partial charge in [0, 0.05) is 20.1 Å². The molecule has 1 N–H and O–H groups in total. The summed E-state index contributed by atoms with van der Waals surface area (Å²) in [5.41, 5.74) is 1.65. The predicted molar refractivity (Wildman–Crippen MR) is 78.6 cm³/mol. The van der Waals surface area contributed by atoms with Crippen LogP contribution in [-0.2, 0) is 18.2 Å². The van der Waals surface area contributed by atoms with Gasteiger partial charge in [-0.25, -0.2) is 4.98 Å². The fourth-order valence-electron chi connectivity index (χ4n) is 2.99. The van der Waals surface area contributed by atoms with Gasteiger partial charge in [0.1, 0.15) is 5.82 Å². The van der Waals surface area contributed by atoms with E-state index in [0.717, 1.165) is 42.7 Å². The minimum atomic E-state index is -0.515. The van der Waals surface area contributed by atoms with Gasteiger partial charge in [-0.2, -0.15) is 0 Å². The Bertz CT molecular complexity index is 600. The van der Waals surface area contributed by atoms with Gasteiger partial charge in [0.25, 0.3) is 0 Å². The number of benzene rings is 1. The van der Waals surface area contributed by atoms with Gasteiger partial charge in [-0.05, 0) is 38.3 Å². The molecule has 1 fully saturated rings. The lowest BCUT2D eigenvalue weighted by Crippen LogP contribution is -2.46. The quantitative estimate of drug-likeness (QED) is 0.935. The number of hydrogen-bond donors (Lipinski definition) is 1. The number of hydrogen-bond acceptors (Lipinski definition) is 3. The number of para-hydroxylation sites is 2. The molecule has 2 unspecified atom stereocenters. The fourth-order valence-corrected chi connectivity index (χ4v) is 2.99. The van der Waals surface area contributed by atoms with E-state index in [1.165, 1.54) is 0 Å². The first-order chi connectivity index (χ1) is 9.60. The summed E-state index contributed by atoms with van der Waals surface area (Å²) in [6, 6.07) is 8.05. The van der Waals surface area contributed by atoms with Crippen molar-refractivity contribution in [1.82, 2.24) is 9.55 Å². The highest BCUT2D eigenvalue weighted by Crippen LogP contribution is 2.29. The van der Waals surface area contributed by atoms with Crippen molar-refractivity contribution in [2.75, 3.05) is 6.61 Å². The van der Waals surface area contributed by atoms with Crippen LogP contribution in [0.5, 0.6) is 0 Å². The molecule has 0 amide bonds. The Labute approximate surface area is 119 Å². The second-order valence-electron chi connectivity index (χ2n) is 5.91. The van der Waals surface area contributed by atoms with Crippen LogP contribution >= 0.6 is 0 Å². The molecule has 20 heavy (non-hydrogen) atoms. The average Bonchev–Trinajstić information content (AvgIpc) is 2.77. The Kier molecular flexibility index (Phi) is 3.52. The minimum Gasteiger partial charge on any atom is -0.390 e. The molecule has 1 aromatic heterocycles. The summed E-state index contributed by atoms with van der Waals surface area (Å²) in [6.45, 7) is 2.76. The summed E-state index contributed by atoms with van der Waals surface area (Å²) >= 11 is 0. The highest BCUT2D eigenvalue weighted by molar-refractivity contribution is 5.75. The fraction of sp³-hybridized carbons (Fsp3) is 0.562. The molecule has 0 spiro atoms. The summed E-state index contributed by atoms with van der Waals surface area (Å²) in [5, 5.41) is 10.6. The largest absolute Gasteiger partial charge is 0.390 e. The molecule has 108 valence electrons. The molecule has 3 rings (SSSR count). The van der Waals surface area contributed by atoms with E-state index in [-0.39, 0.29) is 0 Å². The lowest BCUT2D eigenvalue weighted by Gasteiger charge is -2.37. The van der Waals surface area contributed by atoms with Crippen LogP contribution in [0.3, 0.4) is 0 Å². The lowest BCUT2D eigenvalue weighted by atomic mass is 9.88. The maximum atomic E-state index is 10.6. The van der Waals surface area contributed by atoms with E-state index in [1.54, 1.807) is 0 Å². The number of fused-ring (bicyclic) bond motifs is 1. The second kappa shape index (κ2) is 5.19. The first-order valence-corrected chi connectivity index (χ1v) is 7.32. The Morgan fingerprint density at radius 2 is 2.20 bits per heavy atom. The molecule has 4 heteroatoms. The molecule has 2 atom stereocenters. The zero-order valence-corrected chi connectivity index (χ0v) is 12.2. The standard InChI is InChI=1S/C16H22N2O2/c1-16(9-5-6-10-20-16)14(19)11-15-17-12-7-3-4-8-13(12)18(15)2/h3-4,7-8,14,19H,5-6,9-11H2,1-2H3. The molecular weight excluding hydrogens is 252 g/mol. The summed E-state index contributed by atoms with van der Waals surface area (Å²) in [6.07, 6.45) is 3.14. The Morgan fingerprint density at radius 3 is 2.90 bits per heavy atom. The Hall–Kier alpha value is -1.39. The smallest absolute Gasteiger partial charge is 0.112 e. The number of aliphatic hydroxyl groups excluding tert-OH is 1. The third-order valence-corrected chi connectivity index (χ3v) is 4.46. The molecule has 1 aliphatic rings. The second-order valence-corrected chi connectivity index (χ2v) is 5.91.